The van der Waals surface area contributed by atoms with E-state index in [1.54, 1.807) is 24.3 Å². The predicted octanol–water partition coefficient (Wildman–Crippen LogP) is 3.37. The minimum atomic E-state index is -3.42. The van der Waals surface area contributed by atoms with Crippen LogP contribution in [-0.2, 0) is 10.1 Å². The second kappa shape index (κ2) is 7.33. The predicted molar refractivity (Wildman–Crippen MR) is 69.6 cm³/mol. The van der Waals surface area contributed by atoms with Gasteiger partial charge in [0.15, 0.2) is 0 Å². The Morgan fingerprint density at radius 1 is 1.00 bits per heavy atom. The van der Waals surface area contributed by atoms with Crippen molar-refractivity contribution in [3.63, 3.8) is 0 Å². The van der Waals surface area contributed by atoms with Crippen molar-refractivity contribution in [3.8, 4) is 5.75 Å². The molecule has 0 spiro atoms. The third-order valence-electron chi connectivity index (χ3n) is 2.46. The minimum Gasteiger partial charge on any atom is -0.382 e. The van der Waals surface area contributed by atoms with Gasteiger partial charge in [-0.25, -0.2) is 0 Å². The summed E-state index contributed by atoms with van der Waals surface area (Å²) in [5, 5.41) is 0. The molecule has 0 fully saturated rings. The van der Waals surface area contributed by atoms with Crippen molar-refractivity contribution in [3.05, 3.63) is 30.3 Å². The molecule has 4 heteroatoms. The average Bonchev–Trinajstić information content (AvgIpc) is 2.29. The van der Waals surface area contributed by atoms with E-state index in [1.165, 1.54) is 6.42 Å². The van der Waals surface area contributed by atoms with Crippen molar-refractivity contribution >= 4 is 10.1 Å². The van der Waals surface area contributed by atoms with Crippen LogP contribution < -0.4 is 4.18 Å². The average molecular weight is 256 g/mol. The molecule has 0 heterocycles. The second-order valence-corrected chi connectivity index (χ2v) is 5.76. The van der Waals surface area contributed by atoms with E-state index in [-0.39, 0.29) is 5.75 Å². The van der Waals surface area contributed by atoms with Gasteiger partial charge in [0.2, 0.25) is 0 Å². The lowest BCUT2D eigenvalue weighted by Crippen LogP contribution is -2.13. The fourth-order valence-corrected chi connectivity index (χ4v) is 2.59. The van der Waals surface area contributed by atoms with E-state index in [9.17, 15) is 8.42 Å². The van der Waals surface area contributed by atoms with E-state index in [2.05, 4.69) is 6.92 Å². The van der Waals surface area contributed by atoms with E-state index < -0.39 is 10.1 Å². The summed E-state index contributed by atoms with van der Waals surface area (Å²) in [6.07, 6.45) is 5.05. The fraction of sp³-hybridized carbons (Fsp3) is 0.538. The first kappa shape index (κ1) is 14.0. The lowest BCUT2D eigenvalue weighted by atomic mass is 10.2. The highest BCUT2D eigenvalue weighted by atomic mass is 32.2. The van der Waals surface area contributed by atoms with Crippen LogP contribution in [0.4, 0.5) is 0 Å². The minimum absolute atomic E-state index is 0.103. The van der Waals surface area contributed by atoms with E-state index in [1.807, 2.05) is 6.07 Å². The Balaban J connectivity index is 2.32. The summed E-state index contributed by atoms with van der Waals surface area (Å²) in [6, 6.07) is 8.63. The van der Waals surface area contributed by atoms with Crippen LogP contribution >= 0.6 is 0 Å². The van der Waals surface area contributed by atoms with Crippen LogP contribution in [0.3, 0.4) is 0 Å². The molecule has 17 heavy (non-hydrogen) atoms. The standard InChI is InChI=1S/C13H20O3S/c1-2-3-4-5-9-12-17(14,15)16-13-10-7-6-8-11-13/h6-8,10-11H,2-5,9,12H2,1H3. The molecule has 1 rings (SSSR count). The van der Waals surface area contributed by atoms with Gasteiger partial charge in [-0.15, -0.1) is 0 Å². The number of hydrogen-bond acceptors (Lipinski definition) is 3. The van der Waals surface area contributed by atoms with Gasteiger partial charge in [-0.3, -0.25) is 0 Å². The molecule has 0 aliphatic rings. The maximum absolute atomic E-state index is 11.6. The molecule has 0 bridgehead atoms. The topological polar surface area (TPSA) is 43.4 Å². The first-order valence-corrected chi connectivity index (χ1v) is 7.69. The number of unbranched alkanes of at least 4 members (excludes halogenated alkanes) is 4. The highest BCUT2D eigenvalue weighted by molar-refractivity contribution is 7.87. The number of hydrogen-bond donors (Lipinski definition) is 0. The maximum Gasteiger partial charge on any atom is 0.309 e. The van der Waals surface area contributed by atoms with E-state index in [4.69, 9.17) is 4.18 Å². The Morgan fingerprint density at radius 2 is 1.65 bits per heavy atom. The number of rotatable bonds is 8. The Hall–Kier alpha value is -1.03. The molecular weight excluding hydrogens is 236 g/mol. The normalized spacial score (nSPS) is 11.4. The molecule has 0 aliphatic heterocycles. The summed E-state index contributed by atoms with van der Waals surface area (Å²) < 4.78 is 28.2. The Morgan fingerprint density at radius 3 is 2.29 bits per heavy atom. The Labute approximate surface area is 104 Å². The summed E-state index contributed by atoms with van der Waals surface area (Å²) in [7, 11) is -3.42. The van der Waals surface area contributed by atoms with Crippen LogP contribution in [0.5, 0.6) is 5.75 Å². The first-order chi connectivity index (χ1) is 8.14. The van der Waals surface area contributed by atoms with Crippen LogP contribution in [0, 0.1) is 0 Å². The summed E-state index contributed by atoms with van der Waals surface area (Å²) in [6.45, 7) is 2.13. The zero-order valence-corrected chi connectivity index (χ0v) is 11.1. The van der Waals surface area contributed by atoms with Crippen molar-refractivity contribution < 1.29 is 12.6 Å². The molecule has 0 N–H and O–H groups in total. The van der Waals surface area contributed by atoms with E-state index >= 15 is 0 Å². The first-order valence-electron chi connectivity index (χ1n) is 6.11. The highest BCUT2D eigenvalue weighted by Crippen LogP contribution is 2.13. The molecule has 1 aromatic carbocycles. The summed E-state index contributed by atoms with van der Waals surface area (Å²) in [5.74, 6) is 0.493. The Kier molecular flexibility index (Phi) is 6.05. The van der Waals surface area contributed by atoms with Gasteiger partial charge in [0, 0.05) is 0 Å². The summed E-state index contributed by atoms with van der Waals surface area (Å²) in [5.41, 5.74) is 0. The molecule has 96 valence electrons. The fourth-order valence-electron chi connectivity index (χ4n) is 1.55. The molecule has 0 radical (unpaired) electrons. The van der Waals surface area contributed by atoms with Crippen molar-refractivity contribution in [1.82, 2.24) is 0 Å². The Bertz CT molecular complexity index is 398. The molecule has 0 saturated carbocycles. The molecular formula is C13H20O3S. The SMILES string of the molecule is CCCCCCCS(=O)(=O)Oc1ccccc1. The van der Waals surface area contributed by atoms with Gasteiger partial charge in [-0.05, 0) is 18.6 Å². The monoisotopic (exact) mass is 256 g/mol. The molecule has 0 saturated heterocycles. The smallest absolute Gasteiger partial charge is 0.309 e. The van der Waals surface area contributed by atoms with Crippen LogP contribution in [0.2, 0.25) is 0 Å². The van der Waals surface area contributed by atoms with Gasteiger partial charge < -0.3 is 4.18 Å². The quantitative estimate of drug-likeness (QED) is 0.529. The van der Waals surface area contributed by atoms with E-state index in [0.29, 0.717) is 12.2 Å². The zero-order valence-electron chi connectivity index (χ0n) is 10.3. The van der Waals surface area contributed by atoms with Crippen LogP contribution in [-0.4, -0.2) is 14.2 Å². The summed E-state index contributed by atoms with van der Waals surface area (Å²) >= 11 is 0. The molecule has 0 amide bonds. The molecule has 0 aliphatic carbocycles. The van der Waals surface area contributed by atoms with Gasteiger partial charge in [0.05, 0.1) is 5.75 Å². The van der Waals surface area contributed by atoms with Crippen LogP contribution in [0.15, 0.2) is 30.3 Å². The van der Waals surface area contributed by atoms with Crippen molar-refractivity contribution in [2.24, 2.45) is 0 Å². The molecule has 3 nitrogen and oxygen atoms in total. The van der Waals surface area contributed by atoms with Crippen LogP contribution in [0.25, 0.3) is 0 Å². The van der Waals surface area contributed by atoms with Gasteiger partial charge in [-0.2, -0.15) is 8.42 Å². The van der Waals surface area contributed by atoms with Crippen molar-refractivity contribution in [1.29, 1.82) is 0 Å². The van der Waals surface area contributed by atoms with E-state index in [0.717, 1.165) is 19.3 Å². The van der Waals surface area contributed by atoms with Gasteiger partial charge in [0.25, 0.3) is 0 Å². The molecule has 0 atom stereocenters. The van der Waals surface area contributed by atoms with Crippen molar-refractivity contribution in [2.45, 2.75) is 39.0 Å². The molecule has 0 aromatic heterocycles. The maximum atomic E-state index is 11.6. The lowest BCUT2D eigenvalue weighted by molar-refractivity contribution is 0.482. The van der Waals surface area contributed by atoms with Gasteiger partial charge in [0.1, 0.15) is 5.75 Å². The van der Waals surface area contributed by atoms with Gasteiger partial charge in [-0.1, -0.05) is 50.8 Å². The number of benzene rings is 1. The van der Waals surface area contributed by atoms with Crippen LogP contribution in [0.1, 0.15) is 39.0 Å². The number of para-hydroxylation sites is 1. The summed E-state index contributed by atoms with van der Waals surface area (Å²) in [4.78, 5) is 0. The van der Waals surface area contributed by atoms with Crippen molar-refractivity contribution in [2.75, 3.05) is 5.75 Å². The molecule has 1 aromatic rings. The zero-order chi connectivity index (χ0) is 12.6. The lowest BCUT2D eigenvalue weighted by Gasteiger charge is -2.06. The highest BCUT2D eigenvalue weighted by Gasteiger charge is 2.11. The third kappa shape index (κ3) is 6.31. The third-order valence-corrected chi connectivity index (χ3v) is 3.70. The second-order valence-electron chi connectivity index (χ2n) is 4.07. The molecule has 0 unspecified atom stereocenters. The largest absolute Gasteiger partial charge is 0.382 e. The van der Waals surface area contributed by atoms with Gasteiger partial charge >= 0.3 is 10.1 Å².